The van der Waals surface area contributed by atoms with Crippen molar-refractivity contribution in [1.29, 1.82) is 0 Å². The summed E-state index contributed by atoms with van der Waals surface area (Å²) < 4.78 is 13.5. The average Bonchev–Trinajstić information content (AvgIpc) is 3.47. The minimum Gasteiger partial charge on any atom is -0.495 e. The molecular weight excluding hydrogens is 500 g/mol. The molecule has 190 valence electrons. The van der Waals surface area contributed by atoms with Crippen molar-refractivity contribution in [1.82, 2.24) is 4.98 Å². The maximum Gasteiger partial charge on any atom is 0.337 e. The lowest BCUT2D eigenvalue weighted by Crippen LogP contribution is -2.04. The highest BCUT2D eigenvalue weighted by atomic mass is 32.2. The van der Waals surface area contributed by atoms with Crippen LogP contribution in [0.25, 0.3) is 21.0 Å². The highest BCUT2D eigenvalue weighted by Crippen LogP contribution is 2.36. The van der Waals surface area contributed by atoms with Gasteiger partial charge in [-0.05, 0) is 72.2 Å². The first kappa shape index (κ1) is 25.4. The van der Waals surface area contributed by atoms with E-state index >= 15 is 0 Å². The predicted molar refractivity (Wildman–Crippen MR) is 153 cm³/mol. The molecule has 1 N–H and O–H groups in total. The smallest absolute Gasteiger partial charge is 0.337 e. The van der Waals surface area contributed by atoms with Gasteiger partial charge in [-0.25, -0.2) is 9.78 Å². The van der Waals surface area contributed by atoms with E-state index in [1.165, 1.54) is 62.3 Å². The largest absolute Gasteiger partial charge is 0.495 e. The van der Waals surface area contributed by atoms with Crippen LogP contribution < -0.4 is 9.46 Å². The normalized spacial score (nSPS) is 13.8. The number of carbonyl (C=O) groups excluding carboxylic acids is 1. The van der Waals surface area contributed by atoms with Gasteiger partial charge in [0.1, 0.15) is 10.8 Å². The molecule has 5 rings (SSSR count). The van der Waals surface area contributed by atoms with E-state index in [9.17, 15) is 4.79 Å². The molecule has 1 saturated carbocycles. The third kappa shape index (κ3) is 6.00. The average molecular weight is 531 g/mol. The van der Waals surface area contributed by atoms with E-state index in [1.807, 2.05) is 12.3 Å². The molecule has 1 heterocycles. The fourth-order valence-corrected chi connectivity index (χ4v) is 6.29. The van der Waals surface area contributed by atoms with Crippen LogP contribution in [0.2, 0.25) is 0 Å². The first-order chi connectivity index (χ1) is 18.1. The van der Waals surface area contributed by atoms with E-state index in [2.05, 4.69) is 53.3 Å². The number of hydrogen-bond donors (Lipinski definition) is 1. The third-order valence-corrected chi connectivity index (χ3v) is 8.71. The van der Waals surface area contributed by atoms with Crippen molar-refractivity contribution in [3.63, 3.8) is 0 Å². The molecule has 5 nitrogen and oxygen atoms in total. The van der Waals surface area contributed by atoms with Crippen molar-refractivity contribution < 1.29 is 14.3 Å². The molecule has 0 amide bonds. The highest BCUT2D eigenvalue weighted by Gasteiger charge is 2.16. The minimum absolute atomic E-state index is 0.393. The fraction of sp³-hybridized carbons (Fsp3) is 0.267. The van der Waals surface area contributed by atoms with Crippen molar-refractivity contribution in [2.75, 3.05) is 18.9 Å². The zero-order chi connectivity index (χ0) is 25.6. The zero-order valence-electron chi connectivity index (χ0n) is 21.0. The van der Waals surface area contributed by atoms with Crippen molar-refractivity contribution in [2.45, 2.75) is 42.9 Å². The second-order valence-electron chi connectivity index (χ2n) is 9.12. The lowest BCUT2D eigenvalue weighted by atomic mass is 9.84. The molecule has 7 heteroatoms. The summed E-state index contributed by atoms with van der Waals surface area (Å²) in [5.41, 5.74) is 5.03. The van der Waals surface area contributed by atoms with Crippen molar-refractivity contribution in [2.24, 2.45) is 0 Å². The summed E-state index contributed by atoms with van der Waals surface area (Å²) in [5, 5.41) is 1.05. The van der Waals surface area contributed by atoms with Crippen molar-refractivity contribution in [3.8, 4) is 26.8 Å². The molecule has 1 aliphatic carbocycles. The predicted octanol–water partition coefficient (Wildman–Crippen LogP) is 8.44. The summed E-state index contributed by atoms with van der Waals surface area (Å²) in [7, 11) is 2.94. The highest BCUT2D eigenvalue weighted by molar-refractivity contribution is 8.00. The SMILES string of the molecule is COC(=O)c1ccc(NSc2ccc(-c3cnc(-c4ccc(C5CCCCC5)cc4)s3)cc2)c(OC)c1. The molecule has 4 aromatic rings. The first-order valence-electron chi connectivity index (χ1n) is 12.5. The van der Waals surface area contributed by atoms with Crippen LogP contribution in [-0.2, 0) is 4.74 Å². The molecule has 0 bridgehead atoms. The van der Waals surface area contributed by atoms with Gasteiger partial charge < -0.3 is 14.2 Å². The van der Waals surface area contributed by atoms with Gasteiger partial charge in [0, 0.05) is 16.7 Å². The molecular formula is C30H30N2O3S2. The summed E-state index contributed by atoms with van der Waals surface area (Å²) in [6, 6.07) is 22.6. The Morgan fingerprint density at radius 2 is 1.68 bits per heavy atom. The standard InChI is InChI=1S/C30H30N2O3S2/c1-34-27-18-24(30(33)35-2)14-17-26(27)32-37-25-15-12-22(13-16-25)28-19-31-29(36-28)23-10-8-21(9-11-23)20-6-4-3-5-7-20/h8-20,32H,3-7H2,1-2H3. The van der Waals surface area contributed by atoms with E-state index in [-0.39, 0.29) is 0 Å². The molecule has 1 aromatic heterocycles. The lowest BCUT2D eigenvalue weighted by molar-refractivity contribution is 0.0600. The van der Waals surface area contributed by atoms with Crippen LogP contribution in [0.15, 0.2) is 77.8 Å². The number of carbonyl (C=O) groups is 1. The van der Waals surface area contributed by atoms with Crippen LogP contribution >= 0.6 is 23.3 Å². The van der Waals surface area contributed by atoms with E-state index < -0.39 is 5.97 Å². The maximum absolute atomic E-state index is 11.8. The number of esters is 1. The van der Waals surface area contributed by atoms with Crippen molar-refractivity contribution >= 4 is 34.9 Å². The fourth-order valence-electron chi connectivity index (χ4n) is 4.70. The molecule has 0 atom stereocenters. The summed E-state index contributed by atoms with van der Waals surface area (Å²) in [4.78, 5) is 18.7. The number of thiazole rings is 1. The summed E-state index contributed by atoms with van der Waals surface area (Å²) in [6.45, 7) is 0. The molecule has 3 aromatic carbocycles. The van der Waals surface area contributed by atoms with Gasteiger partial charge in [0.2, 0.25) is 0 Å². The molecule has 0 aliphatic heterocycles. The molecule has 0 saturated heterocycles. The lowest BCUT2D eigenvalue weighted by Gasteiger charge is -2.21. The van der Waals surface area contributed by atoms with Crippen LogP contribution in [0.5, 0.6) is 5.75 Å². The second-order valence-corrected chi connectivity index (χ2v) is 11.0. The third-order valence-electron chi connectivity index (χ3n) is 6.78. The number of nitrogens with zero attached hydrogens (tertiary/aromatic N) is 1. The van der Waals surface area contributed by atoms with Gasteiger partial charge in [-0.2, -0.15) is 0 Å². The molecule has 0 radical (unpaired) electrons. The van der Waals surface area contributed by atoms with Gasteiger partial charge in [-0.3, -0.25) is 0 Å². The molecule has 0 spiro atoms. The quantitative estimate of drug-likeness (QED) is 0.182. The van der Waals surface area contributed by atoms with Crippen LogP contribution in [0.4, 0.5) is 5.69 Å². The van der Waals surface area contributed by atoms with Crippen LogP contribution in [0.1, 0.15) is 53.9 Å². The van der Waals surface area contributed by atoms with Gasteiger partial charge in [0.25, 0.3) is 0 Å². The topological polar surface area (TPSA) is 60.5 Å². The van der Waals surface area contributed by atoms with Crippen LogP contribution in [-0.4, -0.2) is 25.2 Å². The first-order valence-corrected chi connectivity index (χ1v) is 14.1. The Morgan fingerprint density at radius 1 is 0.946 bits per heavy atom. The number of benzene rings is 3. The minimum atomic E-state index is -0.393. The van der Waals surface area contributed by atoms with Gasteiger partial charge in [0.15, 0.2) is 0 Å². The Morgan fingerprint density at radius 3 is 2.38 bits per heavy atom. The summed E-state index contributed by atoms with van der Waals surface area (Å²) in [5.74, 6) is 0.910. The Labute approximate surface area is 226 Å². The molecule has 1 aliphatic rings. The Hall–Kier alpha value is -3.29. The second kappa shape index (κ2) is 11.8. The zero-order valence-corrected chi connectivity index (χ0v) is 22.7. The summed E-state index contributed by atoms with van der Waals surface area (Å²) >= 11 is 3.20. The van der Waals surface area contributed by atoms with E-state index in [4.69, 9.17) is 14.5 Å². The number of nitrogens with one attached hydrogen (secondary N) is 1. The van der Waals surface area contributed by atoms with E-state index in [0.717, 1.165) is 31.9 Å². The van der Waals surface area contributed by atoms with Gasteiger partial charge in [-0.15, -0.1) is 11.3 Å². The van der Waals surface area contributed by atoms with Gasteiger partial charge >= 0.3 is 5.97 Å². The molecule has 0 unspecified atom stereocenters. The van der Waals surface area contributed by atoms with Crippen LogP contribution in [0.3, 0.4) is 0 Å². The van der Waals surface area contributed by atoms with E-state index in [1.54, 1.807) is 30.6 Å². The Kier molecular flexibility index (Phi) is 8.12. The number of methoxy groups -OCH3 is 2. The summed E-state index contributed by atoms with van der Waals surface area (Å²) in [6.07, 6.45) is 8.69. The van der Waals surface area contributed by atoms with Gasteiger partial charge in [0.05, 0.1) is 30.3 Å². The Bertz CT molecular complexity index is 1340. The Balaban J connectivity index is 1.22. The number of ether oxygens (including phenoxy) is 2. The van der Waals surface area contributed by atoms with E-state index in [0.29, 0.717) is 11.3 Å². The maximum atomic E-state index is 11.8. The van der Waals surface area contributed by atoms with Crippen molar-refractivity contribution in [3.05, 3.63) is 84.1 Å². The number of anilines is 1. The van der Waals surface area contributed by atoms with Crippen LogP contribution in [0, 0.1) is 0 Å². The molecule has 1 fully saturated rings. The van der Waals surface area contributed by atoms with Gasteiger partial charge in [-0.1, -0.05) is 55.7 Å². The number of rotatable bonds is 8. The number of aromatic nitrogens is 1. The number of hydrogen-bond acceptors (Lipinski definition) is 7. The molecule has 37 heavy (non-hydrogen) atoms. The monoisotopic (exact) mass is 530 g/mol.